The second-order valence-corrected chi connectivity index (χ2v) is 9.28. The molecule has 7 nitrogen and oxygen atoms in total. The zero-order valence-electron chi connectivity index (χ0n) is 19.0. The average molecular weight is 487 g/mol. The van der Waals surface area contributed by atoms with Crippen LogP contribution in [0.2, 0.25) is 0 Å². The highest BCUT2D eigenvalue weighted by atomic mass is 32.1. The third-order valence-corrected chi connectivity index (χ3v) is 6.75. The number of aromatic nitrogens is 1. The summed E-state index contributed by atoms with van der Waals surface area (Å²) in [6, 6.07) is 11.6. The Hall–Kier alpha value is -2.75. The number of likely N-dealkylation sites (N-methyl/N-ethyl adjacent to an activating group) is 1. The Balaban J connectivity index is 1.45. The maximum Gasteiger partial charge on any atom is 0.231 e. The van der Waals surface area contributed by atoms with Gasteiger partial charge < -0.3 is 20.3 Å². The zero-order valence-corrected chi connectivity index (χ0v) is 20.6. The van der Waals surface area contributed by atoms with Crippen molar-refractivity contribution in [2.24, 2.45) is 0 Å². The summed E-state index contributed by atoms with van der Waals surface area (Å²) >= 11 is 2.87. The highest BCUT2D eigenvalue weighted by molar-refractivity contribution is 7.14. The number of hydrogen-bond acceptors (Lipinski definition) is 7. The summed E-state index contributed by atoms with van der Waals surface area (Å²) in [6.07, 6.45) is 0.478. The number of ether oxygens (including phenoxy) is 1. The van der Waals surface area contributed by atoms with Crippen LogP contribution in [0.15, 0.2) is 47.2 Å². The van der Waals surface area contributed by atoms with Gasteiger partial charge in [0.25, 0.3) is 0 Å². The molecule has 0 aliphatic carbocycles. The molecule has 0 atom stereocenters. The zero-order chi connectivity index (χ0) is 23.5. The number of thiophene rings is 1. The SMILES string of the molecule is CCN(CC)CCOc1ccccc1CNC(=O)Cc1csc(NC(=O)Cc2cccs2)n1. The molecule has 3 aromatic rings. The van der Waals surface area contributed by atoms with Gasteiger partial charge in [0, 0.05) is 28.9 Å². The predicted octanol–water partition coefficient (Wildman–Crippen LogP) is 3.97. The number of amides is 2. The summed E-state index contributed by atoms with van der Waals surface area (Å²) in [5.41, 5.74) is 1.57. The Morgan fingerprint density at radius 2 is 1.85 bits per heavy atom. The van der Waals surface area contributed by atoms with E-state index in [0.717, 1.165) is 35.8 Å². The maximum absolute atomic E-state index is 12.4. The van der Waals surface area contributed by atoms with Crippen molar-refractivity contribution in [3.63, 3.8) is 0 Å². The minimum atomic E-state index is -0.130. The molecule has 9 heteroatoms. The second kappa shape index (κ2) is 13.1. The largest absolute Gasteiger partial charge is 0.492 e. The van der Waals surface area contributed by atoms with Crippen LogP contribution in [0.5, 0.6) is 5.75 Å². The van der Waals surface area contributed by atoms with Gasteiger partial charge in [-0.15, -0.1) is 22.7 Å². The van der Waals surface area contributed by atoms with Crippen molar-refractivity contribution in [2.75, 3.05) is 31.6 Å². The molecule has 2 heterocycles. The van der Waals surface area contributed by atoms with Gasteiger partial charge in [-0.1, -0.05) is 38.1 Å². The van der Waals surface area contributed by atoms with Gasteiger partial charge in [-0.2, -0.15) is 0 Å². The highest BCUT2D eigenvalue weighted by Crippen LogP contribution is 2.19. The molecule has 0 aliphatic rings. The number of nitrogens with one attached hydrogen (secondary N) is 2. The van der Waals surface area contributed by atoms with Gasteiger partial charge in [0.05, 0.1) is 18.5 Å². The molecule has 0 aliphatic heterocycles. The Labute approximate surface area is 202 Å². The lowest BCUT2D eigenvalue weighted by atomic mass is 10.2. The molecule has 0 unspecified atom stereocenters. The number of carbonyl (C=O) groups excluding carboxylic acids is 2. The summed E-state index contributed by atoms with van der Waals surface area (Å²) in [5, 5.41) is 9.98. The molecular formula is C24H30N4O3S2. The van der Waals surface area contributed by atoms with E-state index < -0.39 is 0 Å². The van der Waals surface area contributed by atoms with Gasteiger partial charge in [0.2, 0.25) is 11.8 Å². The fourth-order valence-corrected chi connectivity index (χ4v) is 4.65. The molecule has 2 aromatic heterocycles. The number of nitrogens with zero attached hydrogens (tertiary/aromatic N) is 2. The van der Waals surface area contributed by atoms with Gasteiger partial charge in [-0.25, -0.2) is 4.98 Å². The Morgan fingerprint density at radius 3 is 2.61 bits per heavy atom. The van der Waals surface area contributed by atoms with Crippen molar-refractivity contribution in [1.82, 2.24) is 15.2 Å². The predicted molar refractivity (Wildman–Crippen MR) is 134 cm³/mol. The molecule has 2 amide bonds. The van der Waals surface area contributed by atoms with Crippen molar-refractivity contribution < 1.29 is 14.3 Å². The van der Waals surface area contributed by atoms with Gasteiger partial charge in [0.15, 0.2) is 5.13 Å². The molecule has 0 spiro atoms. The normalized spacial score (nSPS) is 10.9. The van der Waals surface area contributed by atoms with Crippen LogP contribution >= 0.6 is 22.7 Å². The van der Waals surface area contributed by atoms with E-state index >= 15 is 0 Å². The molecule has 0 radical (unpaired) electrons. The molecule has 2 N–H and O–H groups in total. The van der Waals surface area contributed by atoms with E-state index in [1.165, 1.54) is 11.3 Å². The molecule has 1 aromatic carbocycles. The number of anilines is 1. The molecule has 3 rings (SSSR count). The van der Waals surface area contributed by atoms with E-state index in [4.69, 9.17) is 4.74 Å². The molecule has 176 valence electrons. The number of rotatable bonds is 13. The van der Waals surface area contributed by atoms with Crippen LogP contribution in [-0.2, 0) is 29.0 Å². The summed E-state index contributed by atoms with van der Waals surface area (Å²) in [5.74, 6) is 0.546. The first-order valence-corrected chi connectivity index (χ1v) is 12.8. The van der Waals surface area contributed by atoms with Gasteiger partial charge in [0.1, 0.15) is 12.4 Å². The van der Waals surface area contributed by atoms with Gasteiger partial charge >= 0.3 is 0 Å². The Bertz CT molecular complexity index is 1020. The lowest BCUT2D eigenvalue weighted by Crippen LogP contribution is -2.28. The van der Waals surface area contributed by atoms with E-state index in [1.54, 1.807) is 16.7 Å². The van der Waals surface area contributed by atoms with Crippen LogP contribution in [0.3, 0.4) is 0 Å². The standard InChI is InChI=1S/C24H30N4O3S2/c1-3-28(4-2)11-12-31-21-10-6-5-8-18(21)16-25-22(29)14-19-17-33-24(26-19)27-23(30)15-20-9-7-13-32-20/h5-10,13,17H,3-4,11-12,14-16H2,1-2H3,(H,25,29)(H,26,27,30). The van der Waals surface area contributed by atoms with Crippen LogP contribution in [0.25, 0.3) is 0 Å². The summed E-state index contributed by atoms with van der Waals surface area (Å²) in [6.45, 7) is 8.11. The topological polar surface area (TPSA) is 83.6 Å². The Kier molecular flexibility index (Phi) is 9.86. The van der Waals surface area contributed by atoms with E-state index in [-0.39, 0.29) is 18.2 Å². The third-order valence-electron chi connectivity index (χ3n) is 5.06. The van der Waals surface area contributed by atoms with Crippen molar-refractivity contribution >= 4 is 39.6 Å². The van der Waals surface area contributed by atoms with Crippen LogP contribution in [-0.4, -0.2) is 47.9 Å². The molecule has 33 heavy (non-hydrogen) atoms. The third kappa shape index (κ3) is 8.27. The van der Waals surface area contributed by atoms with Crippen molar-refractivity contribution in [1.29, 1.82) is 0 Å². The number of thiazole rings is 1. The van der Waals surface area contributed by atoms with Crippen LogP contribution < -0.4 is 15.4 Å². The number of hydrogen-bond donors (Lipinski definition) is 2. The first-order valence-electron chi connectivity index (χ1n) is 11.0. The highest BCUT2D eigenvalue weighted by Gasteiger charge is 2.12. The van der Waals surface area contributed by atoms with Crippen molar-refractivity contribution in [2.45, 2.75) is 33.2 Å². The first-order chi connectivity index (χ1) is 16.1. The average Bonchev–Trinajstić information content (AvgIpc) is 3.48. The van der Waals surface area contributed by atoms with Crippen LogP contribution in [0.4, 0.5) is 5.13 Å². The number of para-hydroxylation sites is 1. The van der Waals surface area contributed by atoms with E-state index in [2.05, 4.69) is 34.4 Å². The lowest BCUT2D eigenvalue weighted by Gasteiger charge is -2.19. The molecule has 0 bridgehead atoms. The van der Waals surface area contributed by atoms with Gasteiger partial charge in [-0.05, 0) is 30.6 Å². The molecule has 0 saturated heterocycles. The van der Waals surface area contributed by atoms with E-state index in [0.29, 0.717) is 30.4 Å². The van der Waals surface area contributed by atoms with Crippen LogP contribution in [0.1, 0.15) is 30.0 Å². The second-order valence-electron chi connectivity index (χ2n) is 7.38. The van der Waals surface area contributed by atoms with E-state index in [1.807, 2.05) is 41.8 Å². The quantitative estimate of drug-likeness (QED) is 0.382. The van der Waals surface area contributed by atoms with E-state index in [9.17, 15) is 9.59 Å². The summed E-state index contributed by atoms with van der Waals surface area (Å²) < 4.78 is 5.96. The van der Waals surface area contributed by atoms with Crippen molar-refractivity contribution in [3.05, 3.63) is 63.3 Å². The van der Waals surface area contributed by atoms with Gasteiger partial charge in [-0.3, -0.25) is 9.59 Å². The summed E-state index contributed by atoms with van der Waals surface area (Å²) in [4.78, 5) is 32.2. The Morgan fingerprint density at radius 1 is 1.03 bits per heavy atom. The molecule has 0 saturated carbocycles. The lowest BCUT2D eigenvalue weighted by molar-refractivity contribution is -0.120. The fraction of sp³-hybridized carbons (Fsp3) is 0.375. The molecular weight excluding hydrogens is 456 g/mol. The maximum atomic E-state index is 12.4. The minimum absolute atomic E-state index is 0.111. The minimum Gasteiger partial charge on any atom is -0.492 e. The number of benzene rings is 1. The van der Waals surface area contributed by atoms with Crippen LogP contribution in [0, 0.1) is 0 Å². The number of carbonyl (C=O) groups is 2. The summed E-state index contributed by atoms with van der Waals surface area (Å²) in [7, 11) is 0. The monoisotopic (exact) mass is 486 g/mol. The first kappa shape index (κ1) is 24.9. The fourth-order valence-electron chi connectivity index (χ4n) is 3.22. The molecule has 0 fully saturated rings. The van der Waals surface area contributed by atoms with Crippen molar-refractivity contribution in [3.8, 4) is 5.75 Å². The smallest absolute Gasteiger partial charge is 0.231 e.